The van der Waals surface area contributed by atoms with Crippen molar-refractivity contribution in [3.63, 3.8) is 0 Å². The summed E-state index contributed by atoms with van der Waals surface area (Å²) in [6, 6.07) is 18.5. The van der Waals surface area contributed by atoms with Gasteiger partial charge in [0.1, 0.15) is 40.8 Å². The smallest absolute Gasteiger partial charge is 0.281 e. The van der Waals surface area contributed by atoms with E-state index in [2.05, 4.69) is 36.3 Å². The summed E-state index contributed by atoms with van der Waals surface area (Å²) in [6.07, 6.45) is 17.4. The molecule has 13 nitrogen and oxygen atoms in total. The van der Waals surface area contributed by atoms with Crippen LogP contribution in [0.1, 0.15) is 94.3 Å². The number of aromatic hydroxyl groups is 2. The largest absolute Gasteiger partial charge is 0.508 e. The summed E-state index contributed by atoms with van der Waals surface area (Å²) in [6.45, 7) is 6.28. The SMILES string of the molecule is O=c1c2nc(OCC34CCCN3CCC4)cc(N3CC4CCC(C3)N4)c2ccn1-c1cc(O)cc2c(C3CCC4(/C=C/c5cc(N6CC7CCC(C6)N7)c6cc(Cl)c(-c7cc(O)cc8ccc(F)c(Cl)c78)c(F)c6n5)CCCN34)cc(F)c(Cl)c12. The minimum Gasteiger partial charge on any atom is -0.508 e. The van der Waals surface area contributed by atoms with Crippen molar-refractivity contribution in [3.05, 3.63) is 133 Å². The predicted molar refractivity (Wildman–Crippen MR) is 330 cm³/mol. The fourth-order valence-corrected chi connectivity index (χ4v) is 17.6. The molecule has 0 spiro atoms. The van der Waals surface area contributed by atoms with Crippen LogP contribution in [0.4, 0.5) is 24.5 Å². The Morgan fingerprint density at radius 1 is 0.671 bits per heavy atom. The fourth-order valence-electron chi connectivity index (χ4n) is 16.8. The second-order valence-corrected chi connectivity index (χ2v) is 26.6. The van der Waals surface area contributed by atoms with Gasteiger partial charge in [-0.1, -0.05) is 46.9 Å². The molecule has 16 rings (SSSR count). The first-order valence-corrected chi connectivity index (χ1v) is 31.3. The highest BCUT2D eigenvalue weighted by atomic mass is 35.5. The van der Waals surface area contributed by atoms with Gasteiger partial charge < -0.3 is 35.4 Å². The average molecular weight is 1210 g/mol. The number of nitrogens with zero attached hydrogens (tertiary/aromatic N) is 7. The van der Waals surface area contributed by atoms with E-state index in [1.165, 1.54) is 41.0 Å². The molecule has 8 fully saturated rings. The van der Waals surface area contributed by atoms with Crippen LogP contribution in [-0.2, 0) is 0 Å². The number of hydrogen-bond acceptors (Lipinski definition) is 12. The molecule has 4 bridgehead atoms. The third kappa shape index (κ3) is 8.80. The molecule has 0 amide bonds. The molecule has 11 heterocycles. The van der Waals surface area contributed by atoms with Crippen LogP contribution in [0.2, 0.25) is 15.1 Å². The van der Waals surface area contributed by atoms with E-state index in [9.17, 15) is 10.2 Å². The van der Waals surface area contributed by atoms with E-state index in [0.29, 0.717) is 95.2 Å². The van der Waals surface area contributed by atoms with Gasteiger partial charge in [-0.2, -0.15) is 0 Å². The number of rotatable bonds is 10. The molecule has 4 N–H and O–H groups in total. The van der Waals surface area contributed by atoms with Crippen LogP contribution in [0.3, 0.4) is 0 Å². The quantitative estimate of drug-likeness (QED) is 0.104. The molecule has 0 aliphatic carbocycles. The summed E-state index contributed by atoms with van der Waals surface area (Å²) in [4.78, 5) is 34.9. The number of nitrogens with one attached hydrogen (secondary N) is 2. The van der Waals surface area contributed by atoms with Gasteiger partial charge in [0.15, 0.2) is 5.82 Å². The fraction of sp³-hybridized carbons (Fsp3) is 0.409. The number of ether oxygens (including phenoxy) is 1. The number of fused-ring (bicyclic) bond motifs is 10. The molecule has 3 aromatic heterocycles. The van der Waals surface area contributed by atoms with Gasteiger partial charge in [0.05, 0.1) is 37.7 Å². The van der Waals surface area contributed by atoms with Gasteiger partial charge in [-0.25, -0.2) is 23.1 Å². The zero-order chi connectivity index (χ0) is 57.8. The maximum absolute atomic E-state index is 17.8. The lowest BCUT2D eigenvalue weighted by molar-refractivity contribution is 0.111. The van der Waals surface area contributed by atoms with Gasteiger partial charge >= 0.3 is 0 Å². The lowest BCUT2D eigenvalue weighted by Gasteiger charge is -2.35. The van der Waals surface area contributed by atoms with Crippen LogP contribution in [0.25, 0.3) is 66.2 Å². The number of anilines is 2. The summed E-state index contributed by atoms with van der Waals surface area (Å²) < 4.78 is 57.8. The molecule has 8 aliphatic heterocycles. The van der Waals surface area contributed by atoms with E-state index < -0.39 is 28.5 Å². The highest BCUT2D eigenvalue weighted by Crippen LogP contribution is 2.53. The van der Waals surface area contributed by atoms with Crippen molar-refractivity contribution in [1.29, 1.82) is 0 Å². The third-order valence-corrected chi connectivity index (χ3v) is 21.6. The average Bonchev–Trinajstić information content (AvgIpc) is 1.98. The Bertz CT molecular complexity index is 4210. The highest BCUT2D eigenvalue weighted by Gasteiger charge is 2.49. The van der Waals surface area contributed by atoms with Gasteiger partial charge in [0.25, 0.3) is 5.56 Å². The zero-order valence-corrected chi connectivity index (χ0v) is 49.0. The van der Waals surface area contributed by atoms with Crippen LogP contribution >= 0.6 is 34.8 Å². The molecule has 5 aromatic carbocycles. The van der Waals surface area contributed by atoms with Crippen LogP contribution in [0.5, 0.6) is 17.4 Å². The Kier molecular flexibility index (Phi) is 12.9. The standard InChI is InChI=1S/C66H63Cl3F3N9O4/c67-48-27-46-52(77-30-37-5-6-38(31-77)73-37)23-36(75-62(46)61(72)57(48)47-25-41(82)22-35-4-9-49(70)59(68)56(35)47)10-16-65-13-3-20-81(65)51(11-17-65)44-28-50(71)60(69)58-45(44)24-42(83)26-54(58)80-21-12-43-53(78-32-39-7-8-40(33-78)74-39)29-55(76-63(43)64(80)84)85-34-66-14-1-18-79(66)19-2-15-66/h4,9-10,12,16,21-29,37-40,51,73-74,82-83H,1-3,5-8,11,13-15,17-20,30-34H2/b16-10+. The molecule has 8 aliphatic rings. The Labute approximate surface area is 503 Å². The summed E-state index contributed by atoms with van der Waals surface area (Å²) >= 11 is 20.8. The van der Waals surface area contributed by atoms with Crippen molar-refractivity contribution in [2.45, 2.75) is 118 Å². The second kappa shape index (κ2) is 20.4. The third-order valence-electron chi connectivity index (χ3n) is 20.6. The number of aromatic nitrogens is 3. The van der Waals surface area contributed by atoms with Gasteiger partial charge in [-0.05, 0) is 173 Å². The number of halogens is 6. The molecule has 0 radical (unpaired) electrons. The number of piperazine rings is 2. The van der Waals surface area contributed by atoms with Crippen molar-refractivity contribution in [2.24, 2.45) is 0 Å². The van der Waals surface area contributed by atoms with Gasteiger partial charge in [-0.3, -0.25) is 19.2 Å². The van der Waals surface area contributed by atoms with E-state index in [4.69, 9.17) is 49.5 Å². The van der Waals surface area contributed by atoms with Gasteiger partial charge in [0.2, 0.25) is 5.88 Å². The minimum atomic E-state index is -0.729. The number of phenols is 2. The van der Waals surface area contributed by atoms with Crippen LogP contribution in [-0.4, -0.2) is 122 Å². The lowest BCUT2D eigenvalue weighted by atomic mass is 9.92. The molecule has 0 saturated carbocycles. The first kappa shape index (κ1) is 54.1. The van der Waals surface area contributed by atoms with E-state index in [1.807, 2.05) is 24.3 Å². The van der Waals surface area contributed by atoms with Crippen molar-refractivity contribution in [1.82, 2.24) is 35.0 Å². The number of hydrogen-bond donors (Lipinski definition) is 4. The molecule has 6 unspecified atom stereocenters. The maximum atomic E-state index is 17.8. The Hall–Kier alpha value is -6.37. The molecule has 438 valence electrons. The van der Waals surface area contributed by atoms with Crippen molar-refractivity contribution in [3.8, 4) is 34.2 Å². The van der Waals surface area contributed by atoms with E-state index in [0.717, 1.165) is 102 Å². The van der Waals surface area contributed by atoms with Crippen LogP contribution in [0.15, 0.2) is 83.8 Å². The predicted octanol–water partition coefficient (Wildman–Crippen LogP) is 13.0. The Balaban J connectivity index is 0.777. The first-order valence-electron chi connectivity index (χ1n) is 30.2. The topological polar surface area (TPSA) is 134 Å². The summed E-state index contributed by atoms with van der Waals surface area (Å²) in [5.74, 6) is -1.94. The summed E-state index contributed by atoms with van der Waals surface area (Å²) in [5.41, 5.74) is 2.45. The monoisotopic (exact) mass is 1210 g/mol. The zero-order valence-electron chi connectivity index (χ0n) is 46.7. The van der Waals surface area contributed by atoms with Gasteiger partial charge in [0, 0.05) is 113 Å². The molecule has 8 aromatic rings. The lowest BCUT2D eigenvalue weighted by Crippen LogP contribution is -2.51. The number of phenolic OH excluding ortho intramolecular Hbond substituents is 2. The second-order valence-electron chi connectivity index (χ2n) is 25.4. The Morgan fingerprint density at radius 3 is 2.08 bits per heavy atom. The maximum Gasteiger partial charge on any atom is 0.281 e. The van der Waals surface area contributed by atoms with Crippen molar-refractivity contribution in [2.75, 3.05) is 62.2 Å². The molecule has 6 atom stereocenters. The van der Waals surface area contributed by atoms with Crippen molar-refractivity contribution < 1.29 is 28.1 Å². The summed E-state index contributed by atoms with van der Waals surface area (Å²) in [7, 11) is 0. The van der Waals surface area contributed by atoms with E-state index in [1.54, 1.807) is 18.3 Å². The summed E-state index contributed by atoms with van der Waals surface area (Å²) in [5, 5.41) is 32.4. The van der Waals surface area contributed by atoms with E-state index in [-0.39, 0.29) is 83.5 Å². The van der Waals surface area contributed by atoms with E-state index >= 15 is 18.0 Å². The van der Waals surface area contributed by atoms with Crippen LogP contribution in [0, 0.1) is 17.5 Å². The molecular formula is C66H63Cl3F3N9O4. The molecule has 85 heavy (non-hydrogen) atoms. The van der Waals surface area contributed by atoms with Crippen LogP contribution < -0.4 is 30.7 Å². The molecule has 8 saturated heterocycles. The number of benzene rings is 5. The highest BCUT2D eigenvalue weighted by molar-refractivity contribution is 6.39. The minimum absolute atomic E-state index is 0.0378. The van der Waals surface area contributed by atoms with Crippen molar-refractivity contribution >= 4 is 95.6 Å². The molecule has 19 heteroatoms. The Morgan fingerprint density at radius 2 is 1.35 bits per heavy atom. The first-order chi connectivity index (χ1) is 41.2. The number of pyridine rings is 3. The molecular weight excluding hydrogens is 1150 g/mol. The van der Waals surface area contributed by atoms with Gasteiger partial charge in [-0.15, -0.1) is 0 Å². The normalized spacial score (nSPS) is 25.5.